The van der Waals surface area contributed by atoms with Crippen molar-refractivity contribution in [2.75, 3.05) is 18.4 Å². The number of benzene rings is 1. The summed E-state index contributed by atoms with van der Waals surface area (Å²) in [5.74, 6) is 0. The zero-order valence-electron chi connectivity index (χ0n) is 16.8. The largest absolute Gasteiger partial charge is 0.418 e. The zero-order chi connectivity index (χ0) is 21.8. The molecule has 0 aliphatic carbocycles. The number of amides is 2. The molecule has 31 heavy (non-hydrogen) atoms. The van der Waals surface area contributed by atoms with E-state index in [4.69, 9.17) is 0 Å². The Morgan fingerprint density at radius 1 is 1.13 bits per heavy atom. The molecule has 2 saturated heterocycles. The number of nitrogens with one attached hydrogen (secondary N) is 4. The number of hydrazine groups is 1. The molecule has 0 spiro atoms. The Kier molecular flexibility index (Phi) is 6.40. The third kappa shape index (κ3) is 5.33. The van der Waals surface area contributed by atoms with Crippen LogP contribution in [0.4, 0.5) is 23.7 Å². The number of urea groups is 1. The highest BCUT2D eigenvalue weighted by Crippen LogP contribution is 2.34. The van der Waals surface area contributed by atoms with E-state index in [0.29, 0.717) is 6.54 Å². The first-order valence-corrected chi connectivity index (χ1v) is 10.3. The molecule has 2 aliphatic rings. The number of piperidine rings is 1. The van der Waals surface area contributed by atoms with Crippen LogP contribution >= 0.6 is 0 Å². The number of carbonyl (C=O) groups is 1. The van der Waals surface area contributed by atoms with Gasteiger partial charge >= 0.3 is 12.2 Å². The molecule has 3 heterocycles. The number of rotatable bonds is 4. The van der Waals surface area contributed by atoms with E-state index in [1.165, 1.54) is 18.2 Å². The van der Waals surface area contributed by atoms with Crippen LogP contribution in [-0.4, -0.2) is 41.2 Å². The molecule has 0 saturated carbocycles. The van der Waals surface area contributed by atoms with Crippen molar-refractivity contribution in [1.82, 2.24) is 26.1 Å². The predicted octanol–water partition coefficient (Wildman–Crippen LogP) is 3.25. The van der Waals surface area contributed by atoms with Crippen LogP contribution in [0.5, 0.6) is 0 Å². The molecule has 3 unspecified atom stereocenters. The maximum Gasteiger partial charge on any atom is 0.418 e. The number of pyridine rings is 1. The van der Waals surface area contributed by atoms with Gasteiger partial charge in [0.1, 0.15) is 0 Å². The van der Waals surface area contributed by atoms with Crippen LogP contribution in [0.25, 0.3) is 0 Å². The van der Waals surface area contributed by atoms with Crippen molar-refractivity contribution in [3.05, 3.63) is 59.9 Å². The second-order valence-electron chi connectivity index (χ2n) is 7.85. The van der Waals surface area contributed by atoms with Crippen LogP contribution in [0.1, 0.15) is 36.4 Å². The average molecular weight is 434 g/mol. The summed E-state index contributed by atoms with van der Waals surface area (Å²) in [5.41, 5.74) is 6.66. The Morgan fingerprint density at radius 2 is 1.90 bits per heavy atom. The molecule has 3 atom stereocenters. The Hall–Kier alpha value is -2.69. The lowest BCUT2D eigenvalue weighted by atomic mass is 10.0. The van der Waals surface area contributed by atoms with Gasteiger partial charge in [0.25, 0.3) is 0 Å². The van der Waals surface area contributed by atoms with Crippen molar-refractivity contribution in [2.24, 2.45) is 0 Å². The number of alkyl halides is 3. The molecule has 1 aromatic carbocycles. The molecule has 7 nitrogen and oxygen atoms in total. The summed E-state index contributed by atoms with van der Waals surface area (Å²) < 4.78 is 39.4. The Balaban J connectivity index is 1.32. The van der Waals surface area contributed by atoms with Gasteiger partial charge in [-0.15, -0.1) is 0 Å². The zero-order valence-corrected chi connectivity index (χ0v) is 16.8. The summed E-state index contributed by atoms with van der Waals surface area (Å²) in [6, 6.07) is 8.32. The van der Waals surface area contributed by atoms with Crippen LogP contribution < -0.4 is 21.5 Å². The molecule has 10 heteroatoms. The standard InChI is InChI=1S/C21H25F3N6O/c22-21(23,24)16-5-1-2-6-17(16)27-20(31)26-15-4-3-11-30(13-15)19-12-18(28-29-19)14-7-9-25-10-8-14/h1-2,5-10,15,18-19,28-29H,3-4,11-13H2,(H2,26,27,31). The maximum atomic E-state index is 13.1. The minimum Gasteiger partial charge on any atom is -0.334 e. The minimum atomic E-state index is -4.53. The molecule has 2 aliphatic heterocycles. The lowest BCUT2D eigenvalue weighted by molar-refractivity contribution is -0.136. The summed E-state index contributed by atoms with van der Waals surface area (Å²) in [4.78, 5) is 18.7. The van der Waals surface area contributed by atoms with Crippen molar-refractivity contribution in [3.8, 4) is 0 Å². The number of hydrogen-bond acceptors (Lipinski definition) is 5. The Bertz CT molecular complexity index is 894. The van der Waals surface area contributed by atoms with Crippen LogP contribution in [0, 0.1) is 0 Å². The van der Waals surface area contributed by atoms with E-state index in [2.05, 4.69) is 31.4 Å². The van der Waals surface area contributed by atoms with E-state index in [1.54, 1.807) is 12.4 Å². The molecule has 4 N–H and O–H groups in total. The first-order valence-electron chi connectivity index (χ1n) is 10.3. The number of hydrogen-bond donors (Lipinski definition) is 4. The van der Waals surface area contributed by atoms with Crippen LogP contribution in [0.3, 0.4) is 0 Å². The summed E-state index contributed by atoms with van der Waals surface area (Å²) in [7, 11) is 0. The lowest BCUT2D eigenvalue weighted by Gasteiger charge is -2.36. The smallest absolute Gasteiger partial charge is 0.334 e. The number of anilines is 1. The van der Waals surface area contributed by atoms with E-state index >= 15 is 0 Å². The number of likely N-dealkylation sites (tertiary alicyclic amines) is 1. The van der Waals surface area contributed by atoms with E-state index in [0.717, 1.165) is 37.4 Å². The maximum absolute atomic E-state index is 13.1. The van der Waals surface area contributed by atoms with Gasteiger partial charge in [0.05, 0.1) is 17.4 Å². The third-order valence-electron chi connectivity index (χ3n) is 5.70. The van der Waals surface area contributed by atoms with Crippen LogP contribution in [0.2, 0.25) is 0 Å². The second-order valence-corrected chi connectivity index (χ2v) is 7.85. The number of aromatic nitrogens is 1. The molecule has 4 rings (SSSR count). The first kappa shape index (κ1) is 21.5. The minimum absolute atomic E-state index is 0.108. The van der Waals surface area contributed by atoms with E-state index < -0.39 is 17.8 Å². The van der Waals surface area contributed by atoms with E-state index in [9.17, 15) is 18.0 Å². The molecule has 2 fully saturated rings. The third-order valence-corrected chi connectivity index (χ3v) is 5.70. The molecular formula is C21H25F3N6O. The number of nitrogens with zero attached hydrogens (tertiary/aromatic N) is 2. The molecular weight excluding hydrogens is 409 g/mol. The van der Waals surface area contributed by atoms with Crippen molar-refractivity contribution < 1.29 is 18.0 Å². The predicted molar refractivity (Wildman–Crippen MR) is 110 cm³/mol. The molecule has 0 bridgehead atoms. The fourth-order valence-electron chi connectivity index (χ4n) is 4.18. The average Bonchev–Trinajstić information content (AvgIpc) is 3.24. The Morgan fingerprint density at radius 3 is 2.68 bits per heavy atom. The van der Waals surface area contributed by atoms with Gasteiger partial charge in [-0.05, 0) is 55.6 Å². The monoisotopic (exact) mass is 434 g/mol. The van der Waals surface area contributed by atoms with Gasteiger partial charge in [0.2, 0.25) is 0 Å². The number of halogens is 3. The molecule has 0 radical (unpaired) electrons. The van der Waals surface area contributed by atoms with Gasteiger partial charge in [-0.25, -0.2) is 15.6 Å². The highest BCUT2D eigenvalue weighted by atomic mass is 19.4. The summed E-state index contributed by atoms with van der Waals surface area (Å²) in [6.07, 6.45) is 1.64. The van der Waals surface area contributed by atoms with E-state index in [1.807, 2.05) is 12.1 Å². The first-order chi connectivity index (χ1) is 14.9. The molecule has 2 amide bonds. The van der Waals surface area contributed by atoms with Crippen molar-refractivity contribution in [1.29, 1.82) is 0 Å². The van der Waals surface area contributed by atoms with Crippen LogP contribution in [-0.2, 0) is 6.18 Å². The highest BCUT2D eigenvalue weighted by Gasteiger charge is 2.35. The lowest BCUT2D eigenvalue weighted by Crippen LogP contribution is -2.54. The fourth-order valence-corrected chi connectivity index (χ4v) is 4.18. The van der Waals surface area contributed by atoms with E-state index in [-0.39, 0.29) is 23.9 Å². The molecule has 2 aromatic rings. The highest BCUT2D eigenvalue weighted by molar-refractivity contribution is 5.90. The van der Waals surface area contributed by atoms with Crippen molar-refractivity contribution in [3.63, 3.8) is 0 Å². The van der Waals surface area contributed by atoms with Crippen molar-refractivity contribution in [2.45, 2.75) is 43.7 Å². The summed E-state index contributed by atoms with van der Waals surface area (Å²) in [6.45, 7) is 1.51. The SMILES string of the molecule is O=C(Nc1ccccc1C(F)(F)F)NC1CCCN(C2CC(c3ccncc3)NN2)C1. The second kappa shape index (κ2) is 9.21. The Labute approximate surface area is 178 Å². The molecule has 1 aromatic heterocycles. The van der Waals surface area contributed by atoms with Gasteiger partial charge in [0, 0.05) is 31.0 Å². The van der Waals surface area contributed by atoms with Gasteiger partial charge in [-0.2, -0.15) is 13.2 Å². The normalized spacial score (nSPS) is 24.7. The summed E-state index contributed by atoms with van der Waals surface area (Å²) >= 11 is 0. The quantitative estimate of drug-likeness (QED) is 0.594. The number of carbonyl (C=O) groups excluding carboxylic acids is 1. The molecule has 166 valence electrons. The van der Waals surface area contributed by atoms with Crippen LogP contribution in [0.15, 0.2) is 48.8 Å². The van der Waals surface area contributed by atoms with Gasteiger partial charge < -0.3 is 10.6 Å². The van der Waals surface area contributed by atoms with Gasteiger partial charge in [-0.1, -0.05) is 12.1 Å². The summed E-state index contributed by atoms with van der Waals surface area (Å²) in [5, 5.41) is 5.18. The fraction of sp³-hybridized carbons (Fsp3) is 0.429. The number of para-hydroxylation sites is 1. The topological polar surface area (TPSA) is 81.3 Å². The van der Waals surface area contributed by atoms with Gasteiger partial charge in [0.15, 0.2) is 0 Å². The van der Waals surface area contributed by atoms with Crippen molar-refractivity contribution >= 4 is 11.7 Å². The van der Waals surface area contributed by atoms with Gasteiger partial charge in [-0.3, -0.25) is 9.88 Å².